The Balaban J connectivity index is 1.47. The molecular weight excluding hydrogens is 228 g/mol. The van der Waals surface area contributed by atoms with E-state index in [1.165, 1.54) is 25.7 Å². The van der Waals surface area contributed by atoms with Crippen molar-refractivity contribution < 1.29 is 9.53 Å². The van der Waals surface area contributed by atoms with E-state index in [4.69, 9.17) is 4.74 Å². The molecule has 0 spiro atoms. The van der Waals surface area contributed by atoms with E-state index in [9.17, 15) is 4.79 Å². The number of ether oxygens (including phenoxy) is 1. The monoisotopic (exact) mass is 254 g/mol. The molecule has 18 heavy (non-hydrogen) atoms. The lowest BCUT2D eigenvalue weighted by Crippen LogP contribution is -2.32. The number of hydrogen-bond acceptors (Lipinski definition) is 3. The van der Waals surface area contributed by atoms with Gasteiger partial charge in [-0.3, -0.25) is 4.79 Å². The fraction of sp³-hybridized carbons (Fsp3) is 0.929. The van der Waals surface area contributed by atoms with Gasteiger partial charge in [0.25, 0.3) is 0 Å². The summed E-state index contributed by atoms with van der Waals surface area (Å²) in [6, 6.07) is 0. The second kappa shape index (κ2) is 7.10. The zero-order valence-corrected chi connectivity index (χ0v) is 11.4. The topological polar surface area (TPSA) is 50.4 Å². The number of nitrogens with one attached hydrogen (secondary N) is 2. The van der Waals surface area contributed by atoms with Gasteiger partial charge in [-0.05, 0) is 43.6 Å². The molecule has 4 heteroatoms. The number of carbonyl (C=O) groups excluding carboxylic acids is 1. The summed E-state index contributed by atoms with van der Waals surface area (Å²) in [4.78, 5) is 11.4. The average Bonchev–Trinajstić information content (AvgIpc) is 2.97. The largest absolute Gasteiger partial charge is 0.383 e. The van der Waals surface area contributed by atoms with Crippen LogP contribution in [0.1, 0.15) is 32.1 Å². The Morgan fingerprint density at radius 3 is 2.83 bits per heavy atom. The normalized spacial score (nSPS) is 29.7. The van der Waals surface area contributed by atoms with Crippen LogP contribution in [0, 0.1) is 17.8 Å². The molecule has 104 valence electrons. The second-order valence-electron chi connectivity index (χ2n) is 5.73. The predicted octanol–water partition coefficient (Wildman–Crippen LogP) is 1.16. The Morgan fingerprint density at radius 1 is 1.28 bits per heavy atom. The Labute approximate surface area is 110 Å². The average molecular weight is 254 g/mol. The fourth-order valence-electron chi connectivity index (χ4n) is 3.50. The second-order valence-corrected chi connectivity index (χ2v) is 5.73. The van der Waals surface area contributed by atoms with Gasteiger partial charge in [0.2, 0.25) is 5.91 Å². The highest BCUT2D eigenvalue weighted by atomic mass is 16.5. The van der Waals surface area contributed by atoms with E-state index in [0.29, 0.717) is 19.6 Å². The molecule has 0 saturated heterocycles. The predicted molar refractivity (Wildman–Crippen MR) is 71.3 cm³/mol. The SMILES string of the molecule is COCCNC(=O)CCNCC1CC2CCC1C2. The van der Waals surface area contributed by atoms with Crippen LogP contribution < -0.4 is 10.6 Å². The van der Waals surface area contributed by atoms with Gasteiger partial charge < -0.3 is 15.4 Å². The molecule has 2 rings (SSSR count). The van der Waals surface area contributed by atoms with Gasteiger partial charge in [0, 0.05) is 26.6 Å². The smallest absolute Gasteiger partial charge is 0.221 e. The van der Waals surface area contributed by atoms with Crippen LogP contribution in [0.25, 0.3) is 0 Å². The van der Waals surface area contributed by atoms with Crippen molar-refractivity contribution in [3.05, 3.63) is 0 Å². The summed E-state index contributed by atoms with van der Waals surface area (Å²) < 4.78 is 4.88. The molecule has 4 nitrogen and oxygen atoms in total. The third-order valence-corrected chi connectivity index (χ3v) is 4.45. The van der Waals surface area contributed by atoms with Crippen LogP contribution in [-0.4, -0.2) is 39.3 Å². The highest BCUT2D eigenvalue weighted by molar-refractivity contribution is 5.75. The number of amides is 1. The van der Waals surface area contributed by atoms with E-state index < -0.39 is 0 Å². The minimum absolute atomic E-state index is 0.118. The molecule has 2 fully saturated rings. The highest BCUT2D eigenvalue weighted by Gasteiger charge is 2.38. The van der Waals surface area contributed by atoms with Crippen LogP contribution in [0.4, 0.5) is 0 Å². The van der Waals surface area contributed by atoms with Gasteiger partial charge in [-0.2, -0.15) is 0 Å². The van der Waals surface area contributed by atoms with Gasteiger partial charge in [-0.15, -0.1) is 0 Å². The lowest BCUT2D eigenvalue weighted by molar-refractivity contribution is -0.121. The van der Waals surface area contributed by atoms with E-state index in [1.807, 2.05) is 0 Å². The van der Waals surface area contributed by atoms with Crippen molar-refractivity contribution in [2.24, 2.45) is 17.8 Å². The van der Waals surface area contributed by atoms with Crippen LogP contribution in [0.5, 0.6) is 0 Å². The maximum absolute atomic E-state index is 11.4. The minimum atomic E-state index is 0.118. The number of hydrogen-bond donors (Lipinski definition) is 2. The van der Waals surface area contributed by atoms with Crippen molar-refractivity contribution in [3.63, 3.8) is 0 Å². The summed E-state index contributed by atoms with van der Waals surface area (Å²) in [5.41, 5.74) is 0. The third kappa shape index (κ3) is 3.95. The van der Waals surface area contributed by atoms with E-state index in [2.05, 4.69) is 10.6 Å². The van der Waals surface area contributed by atoms with Crippen LogP contribution in [0.15, 0.2) is 0 Å². The summed E-state index contributed by atoms with van der Waals surface area (Å²) in [5.74, 6) is 2.98. The molecular formula is C14H26N2O2. The summed E-state index contributed by atoms with van der Waals surface area (Å²) in [7, 11) is 1.64. The summed E-state index contributed by atoms with van der Waals surface area (Å²) in [5, 5.41) is 6.28. The first-order chi connectivity index (χ1) is 8.79. The van der Waals surface area contributed by atoms with E-state index in [0.717, 1.165) is 30.8 Å². The third-order valence-electron chi connectivity index (χ3n) is 4.45. The molecule has 0 aliphatic heterocycles. The van der Waals surface area contributed by atoms with Crippen molar-refractivity contribution in [1.29, 1.82) is 0 Å². The van der Waals surface area contributed by atoms with Gasteiger partial charge in [-0.25, -0.2) is 0 Å². The molecule has 2 aliphatic rings. The molecule has 0 aromatic rings. The summed E-state index contributed by atoms with van der Waals surface area (Å²) in [6.45, 7) is 3.10. The molecule has 2 aliphatic carbocycles. The standard InChI is InChI=1S/C14H26N2O2/c1-18-7-6-16-14(17)4-5-15-10-13-9-11-2-3-12(13)8-11/h11-13,15H,2-10H2,1H3,(H,16,17). The number of rotatable bonds is 8. The van der Waals surface area contributed by atoms with Crippen LogP contribution in [-0.2, 0) is 9.53 Å². The first kappa shape index (κ1) is 13.8. The first-order valence-electron chi connectivity index (χ1n) is 7.26. The van der Waals surface area contributed by atoms with E-state index in [-0.39, 0.29) is 5.91 Å². The molecule has 1 amide bonds. The van der Waals surface area contributed by atoms with Crippen molar-refractivity contribution in [2.45, 2.75) is 32.1 Å². The van der Waals surface area contributed by atoms with Crippen LogP contribution in [0.2, 0.25) is 0 Å². The fourth-order valence-corrected chi connectivity index (χ4v) is 3.50. The number of fused-ring (bicyclic) bond motifs is 2. The van der Waals surface area contributed by atoms with Crippen molar-refractivity contribution >= 4 is 5.91 Å². The van der Waals surface area contributed by atoms with Gasteiger partial charge in [0.15, 0.2) is 0 Å². The maximum atomic E-state index is 11.4. The molecule has 0 aromatic heterocycles. The lowest BCUT2D eigenvalue weighted by Gasteiger charge is -2.21. The Morgan fingerprint density at radius 2 is 2.17 bits per heavy atom. The van der Waals surface area contributed by atoms with Gasteiger partial charge in [0.05, 0.1) is 6.61 Å². The molecule has 2 N–H and O–H groups in total. The van der Waals surface area contributed by atoms with E-state index >= 15 is 0 Å². The van der Waals surface area contributed by atoms with Crippen molar-refractivity contribution in [1.82, 2.24) is 10.6 Å². The maximum Gasteiger partial charge on any atom is 0.221 e. The van der Waals surface area contributed by atoms with Gasteiger partial charge in [0.1, 0.15) is 0 Å². The Hall–Kier alpha value is -0.610. The Bertz CT molecular complexity index is 271. The summed E-state index contributed by atoms with van der Waals surface area (Å²) in [6.07, 6.45) is 6.35. The molecule has 2 saturated carbocycles. The van der Waals surface area contributed by atoms with Crippen molar-refractivity contribution in [2.75, 3.05) is 33.4 Å². The number of methoxy groups -OCH3 is 1. The van der Waals surface area contributed by atoms with Gasteiger partial charge >= 0.3 is 0 Å². The Kier molecular flexibility index (Phi) is 5.45. The zero-order chi connectivity index (χ0) is 12.8. The van der Waals surface area contributed by atoms with Crippen molar-refractivity contribution in [3.8, 4) is 0 Å². The summed E-state index contributed by atoms with van der Waals surface area (Å²) >= 11 is 0. The molecule has 2 bridgehead atoms. The lowest BCUT2D eigenvalue weighted by atomic mass is 9.89. The van der Waals surface area contributed by atoms with E-state index in [1.54, 1.807) is 7.11 Å². The van der Waals surface area contributed by atoms with Crippen LogP contribution >= 0.6 is 0 Å². The molecule has 0 aromatic carbocycles. The highest BCUT2D eigenvalue weighted by Crippen LogP contribution is 2.47. The number of carbonyl (C=O) groups is 1. The molecule has 0 heterocycles. The molecule has 3 atom stereocenters. The molecule has 3 unspecified atom stereocenters. The molecule has 0 radical (unpaired) electrons. The first-order valence-corrected chi connectivity index (χ1v) is 7.26. The van der Waals surface area contributed by atoms with Gasteiger partial charge in [-0.1, -0.05) is 6.42 Å². The van der Waals surface area contributed by atoms with Crippen LogP contribution in [0.3, 0.4) is 0 Å². The zero-order valence-electron chi connectivity index (χ0n) is 11.4. The quantitative estimate of drug-likeness (QED) is 0.639. The minimum Gasteiger partial charge on any atom is -0.383 e.